The summed E-state index contributed by atoms with van der Waals surface area (Å²) < 4.78 is 5.69. The molecule has 1 atom stereocenters. The van der Waals surface area contributed by atoms with Crippen LogP contribution >= 0.6 is 0 Å². The molecular weight excluding hydrogens is 316 g/mol. The molecule has 3 N–H and O–H groups in total. The van der Waals surface area contributed by atoms with Crippen LogP contribution in [-0.4, -0.2) is 17.9 Å². The molecule has 25 heavy (non-hydrogen) atoms. The minimum atomic E-state index is -0.683. The first kappa shape index (κ1) is 18.5. The summed E-state index contributed by atoms with van der Waals surface area (Å²) >= 11 is 0. The molecule has 0 bridgehead atoms. The van der Waals surface area contributed by atoms with E-state index < -0.39 is 12.0 Å². The van der Waals surface area contributed by atoms with E-state index in [0.717, 1.165) is 0 Å². The summed E-state index contributed by atoms with van der Waals surface area (Å²) in [5, 5.41) is 2.72. The van der Waals surface area contributed by atoms with Crippen molar-refractivity contribution in [3.05, 3.63) is 59.7 Å². The molecular formula is C20H24N2O3. The lowest BCUT2D eigenvalue weighted by Gasteiger charge is -2.20. The Morgan fingerprint density at radius 3 is 2.28 bits per heavy atom. The number of benzene rings is 2. The molecule has 0 heterocycles. The number of carbonyl (C=O) groups excluding carboxylic acids is 2. The number of primary amides is 1. The third-order valence-corrected chi connectivity index (χ3v) is 3.82. The molecule has 2 rings (SSSR count). The van der Waals surface area contributed by atoms with Crippen LogP contribution in [0.25, 0.3) is 0 Å². The lowest BCUT2D eigenvalue weighted by molar-refractivity contribution is -0.122. The highest BCUT2D eigenvalue weighted by Crippen LogP contribution is 2.24. The van der Waals surface area contributed by atoms with Crippen molar-refractivity contribution in [2.24, 2.45) is 5.73 Å². The molecule has 0 aliphatic rings. The molecule has 5 heteroatoms. The Morgan fingerprint density at radius 1 is 1.08 bits per heavy atom. The first-order chi connectivity index (χ1) is 11.7. The Balaban J connectivity index is 2.00. The number of anilines is 1. The van der Waals surface area contributed by atoms with Gasteiger partial charge < -0.3 is 15.8 Å². The number of hydrogen-bond acceptors (Lipinski definition) is 3. The van der Waals surface area contributed by atoms with Gasteiger partial charge in [-0.3, -0.25) is 9.59 Å². The predicted molar refractivity (Wildman–Crippen MR) is 98.8 cm³/mol. The molecule has 0 radical (unpaired) electrons. The van der Waals surface area contributed by atoms with Gasteiger partial charge in [0.15, 0.2) is 6.10 Å². The Labute approximate surface area is 148 Å². The minimum absolute atomic E-state index is 0.0625. The van der Waals surface area contributed by atoms with Crippen molar-refractivity contribution >= 4 is 17.5 Å². The maximum absolute atomic E-state index is 12.3. The second kappa shape index (κ2) is 7.38. The van der Waals surface area contributed by atoms with Gasteiger partial charge in [0.25, 0.3) is 5.91 Å². The summed E-state index contributed by atoms with van der Waals surface area (Å²) in [4.78, 5) is 23.5. The van der Waals surface area contributed by atoms with E-state index in [1.165, 1.54) is 11.6 Å². The Kier molecular flexibility index (Phi) is 5.47. The predicted octanol–water partition coefficient (Wildman–Crippen LogP) is 3.49. The van der Waals surface area contributed by atoms with Crippen LogP contribution < -0.4 is 15.8 Å². The first-order valence-electron chi connectivity index (χ1n) is 8.15. The Morgan fingerprint density at radius 2 is 1.72 bits per heavy atom. The van der Waals surface area contributed by atoms with Gasteiger partial charge in [0.1, 0.15) is 5.75 Å². The van der Waals surface area contributed by atoms with Crippen LogP contribution in [0.3, 0.4) is 0 Å². The molecule has 5 nitrogen and oxygen atoms in total. The molecule has 0 saturated heterocycles. The van der Waals surface area contributed by atoms with Crippen LogP contribution in [0.2, 0.25) is 0 Å². The highest BCUT2D eigenvalue weighted by Gasteiger charge is 2.17. The maximum atomic E-state index is 12.3. The van der Waals surface area contributed by atoms with Crippen molar-refractivity contribution < 1.29 is 14.3 Å². The summed E-state index contributed by atoms with van der Waals surface area (Å²) in [5.41, 5.74) is 7.34. The van der Waals surface area contributed by atoms with Crippen molar-refractivity contribution in [1.29, 1.82) is 0 Å². The number of amides is 2. The summed E-state index contributed by atoms with van der Waals surface area (Å²) in [7, 11) is 0. The van der Waals surface area contributed by atoms with Gasteiger partial charge in [-0.25, -0.2) is 0 Å². The van der Waals surface area contributed by atoms with Crippen molar-refractivity contribution in [2.45, 2.75) is 39.2 Å². The van der Waals surface area contributed by atoms with Gasteiger partial charge in [0, 0.05) is 11.3 Å². The van der Waals surface area contributed by atoms with E-state index in [9.17, 15) is 9.59 Å². The van der Waals surface area contributed by atoms with Crippen LogP contribution in [-0.2, 0) is 10.2 Å². The number of nitrogens with two attached hydrogens (primary N) is 1. The van der Waals surface area contributed by atoms with Crippen LogP contribution in [0.1, 0.15) is 43.6 Å². The molecule has 1 unspecified atom stereocenters. The number of ether oxygens (including phenoxy) is 1. The summed E-state index contributed by atoms with van der Waals surface area (Å²) in [6, 6.07) is 14.2. The summed E-state index contributed by atoms with van der Waals surface area (Å²) in [5.74, 6) is -0.220. The second-order valence-electron chi connectivity index (χ2n) is 6.97. The van der Waals surface area contributed by atoms with Crippen LogP contribution in [0.15, 0.2) is 48.5 Å². The Bertz CT molecular complexity index is 761. The molecule has 2 aromatic carbocycles. The van der Waals surface area contributed by atoms with Crippen molar-refractivity contribution in [3.63, 3.8) is 0 Å². The van der Waals surface area contributed by atoms with E-state index in [-0.39, 0.29) is 11.3 Å². The normalized spacial score (nSPS) is 12.3. The van der Waals surface area contributed by atoms with Gasteiger partial charge in [-0.15, -0.1) is 0 Å². The lowest BCUT2D eigenvalue weighted by atomic mass is 9.87. The standard InChI is InChI=1S/C20H24N2O3/c1-13(25-17-10-8-15(9-11-17)20(2,3)4)19(24)22-16-7-5-6-14(12-16)18(21)23/h5-13H,1-4H3,(H2,21,23)(H,22,24). The highest BCUT2D eigenvalue weighted by atomic mass is 16.5. The van der Waals surface area contributed by atoms with E-state index in [0.29, 0.717) is 17.0 Å². The van der Waals surface area contributed by atoms with Gasteiger partial charge in [-0.2, -0.15) is 0 Å². The van der Waals surface area contributed by atoms with Crippen molar-refractivity contribution in [3.8, 4) is 5.75 Å². The maximum Gasteiger partial charge on any atom is 0.265 e. The number of carbonyl (C=O) groups is 2. The van der Waals surface area contributed by atoms with E-state index in [1.807, 2.05) is 24.3 Å². The van der Waals surface area contributed by atoms with Crippen LogP contribution in [0.4, 0.5) is 5.69 Å². The van der Waals surface area contributed by atoms with E-state index >= 15 is 0 Å². The SMILES string of the molecule is CC(Oc1ccc(C(C)(C)C)cc1)C(=O)Nc1cccc(C(N)=O)c1. The third-order valence-electron chi connectivity index (χ3n) is 3.82. The average molecular weight is 340 g/mol. The highest BCUT2D eigenvalue weighted by molar-refractivity contribution is 5.97. The third kappa shape index (κ3) is 5.08. The summed E-state index contributed by atoms with van der Waals surface area (Å²) in [6.45, 7) is 8.09. The Hall–Kier alpha value is -2.82. The zero-order valence-corrected chi connectivity index (χ0v) is 15.0. The number of hydrogen-bond donors (Lipinski definition) is 2. The van der Waals surface area contributed by atoms with Gasteiger partial charge in [-0.1, -0.05) is 39.0 Å². The average Bonchev–Trinajstić information content (AvgIpc) is 2.54. The molecule has 132 valence electrons. The minimum Gasteiger partial charge on any atom is -0.481 e. The molecule has 0 saturated carbocycles. The molecule has 0 aromatic heterocycles. The van der Waals surface area contributed by atoms with Crippen molar-refractivity contribution in [1.82, 2.24) is 0 Å². The molecule has 2 aromatic rings. The van der Waals surface area contributed by atoms with E-state index in [1.54, 1.807) is 25.1 Å². The number of nitrogens with one attached hydrogen (secondary N) is 1. The fourth-order valence-corrected chi connectivity index (χ4v) is 2.29. The van der Waals surface area contributed by atoms with Gasteiger partial charge in [0.05, 0.1) is 0 Å². The molecule has 2 amide bonds. The fourth-order valence-electron chi connectivity index (χ4n) is 2.29. The fraction of sp³-hybridized carbons (Fsp3) is 0.300. The smallest absolute Gasteiger partial charge is 0.265 e. The van der Waals surface area contributed by atoms with Crippen LogP contribution in [0, 0.1) is 0 Å². The largest absolute Gasteiger partial charge is 0.481 e. The monoisotopic (exact) mass is 340 g/mol. The molecule has 0 fully saturated rings. The van der Waals surface area contributed by atoms with E-state index in [4.69, 9.17) is 10.5 Å². The summed E-state index contributed by atoms with van der Waals surface area (Å²) in [6.07, 6.45) is -0.683. The van der Waals surface area contributed by atoms with Crippen LogP contribution in [0.5, 0.6) is 5.75 Å². The van der Waals surface area contributed by atoms with Gasteiger partial charge >= 0.3 is 0 Å². The van der Waals surface area contributed by atoms with Crippen molar-refractivity contribution in [2.75, 3.05) is 5.32 Å². The molecule has 0 aliphatic carbocycles. The molecule has 0 spiro atoms. The second-order valence-corrected chi connectivity index (χ2v) is 6.97. The quantitative estimate of drug-likeness (QED) is 0.874. The zero-order chi connectivity index (χ0) is 18.6. The zero-order valence-electron chi connectivity index (χ0n) is 15.0. The topological polar surface area (TPSA) is 81.4 Å². The van der Waals surface area contributed by atoms with E-state index in [2.05, 4.69) is 26.1 Å². The first-order valence-corrected chi connectivity index (χ1v) is 8.15. The van der Waals surface area contributed by atoms with Gasteiger partial charge in [-0.05, 0) is 48.2 Å². The number of rotatable bonds is 5. The lowest BCUT2D eigenvalue weighted by Crippen LogP contribution is -2.30. The van der Waals surface area contributed by atoms with Gasteiger partial charge in [0.2, 0.25) is 5.91 Å². The molecule has 0 aliphatic heterocycles.